The van der Waals surface area contributed by atoms with Gasteiger partial charge < -0.3 is 18.9 Å². The number of methoxy groups -OCH3 is 1. The number of aryl methyl sites for hydroxylation is 1. The van der Waals surface area contributed by atoms with Gasteiger partial charge in [-0.2, -0.15) is 0 Å². The topological polar surface area (TPSA) is 36.9 Å². The summed E-state index contributed by atoms with van der Waals surface area (Å²) in [5.41, 5.74) is 1.81. The molecule has 38 heavy (non-hydrogen) atoms. The minimum Gasteiger partial charge on any atom is -0.496 e. The van der Waals surface area contributed by atoms with Gasteiger partial charge in [0, 0.05) is 25.9 Å². The van der Waals surface area contributed by atoms with Crippen molar-refractivity contribution in [2.24, 2.45) is 23.2 Å². The van der Waals surface area contributed by atoms with Crippen LogP contribution in [0.15, 0.2) is 18.2 Å². The normalized spacial score (nSPS) is 25.7. The molecule has 4 aliphatic rings. The maximum absolute atomic E-state index is 6.10. The lowest BCUT2D eigenvalue weighted by molar-refractivity contribution is -0.0690. The van der Waals surface area contributed by atoms with Crippen LogP contribution in [0.3, 0.4) is 0 Å². The lowest BCUT2D eigenvalue weighted by atomic mass is 9.49. The molecule has 4 bridgehead atoms. The van der Waals surface area contributed by atoms with Crippen LogP contribution in [0.25, 0.3) is 0 Å². The van der Waals surface area contributed by atoms with E-state index >= 15 is 0 Å². The third-order valence-electron chi connectivity index (χ3n) is 9.65. The molecule has 5 rings (SSSR count). The van der Waals surface area contributed by atoms with Gasteiger partial charge in [0.05, 0.1) is 13.7 Å². The molecule has 4 heteroatoms. The SMILES string of the molecule is COc1cc(OCCOCCCCCCCCCCCCOCCC23CC4CC(CC(C4)C2)C3)ccc1C. The summed E-state index contributed by atoms with van der Waals surface area (Å²) in [4.78, 5) is 0. The predicted octanol–water partition coefficient (Wildman–Crippen LogP) is 8.92. The van der Waals surface area contributed by atoms with E-state index in [1.807, 2.05) is 25.1 Å². The summed E-state index contributed by atoms with van der Waals surface area (Å²) < 4.78 is 22.9. The fourth-order valence-corrected chi connectivity index (χ4v) is 8.02. The predicted molar refractivity (Wildman–Crippen MR) is 156 cm³/mol. The molecule has 0 amide bonds. The lowest BCUT2D eigenvalue weighted by Crippen LogP contribution is -2.46. The van der Waals surface area contributed by atoms with Gasteiger partial charge in [-0.05, 0) is 99.5 Å². The zero-order valence-corrected chi connectivity index (χ0v) is 24.7. The van der Waals surface area contributed by atoms with Gasteiger partial charge in [-0.3, -0.25) is 0 Å². The van der Waals surface area contributed by atoms with Crippen molar-refractivity contribution in [2.75, 3.05) is 40.1 Å². The summed E-state index contributed by atoms with van der Waals surface area (Å²) in [6.07, 6.45) is 23.9. The molecule has 0 aromatic heterocycles. The molecular weight excluding hydrogens is 472 g/mol. The van der Waals surface area contributed by atoms with Crippen molar-refractivity contribution in [2.45, 2.75) is 116 Å². The molecule has 0 saturated heterocycles. The Labute approximate surface area is 233 Å². The van der Waals surface area contributed by atoms with Crippen molar-refractivity contribution < 1.29 is 18.9 Å². The minimum absolute atomic E-state index is 0.584. The lowest BCUT2D eigenvalue weighted by Gasteiger charge is -2.57. The Balaban J connectivity index is 0.855. The highest BCUT2D eigenvalue weighted by Crippen LogP contribution is 2.61. The van der Waals surface area contributed by atoms with Gasteiger partial charge in [0.1, 0.15) is 18.1 Å². The molecule has 4 saturated carbocycles. The van der Waals surface area contributed by atoms with Crippen LogP contribution < -0.4 is 9.47 Å². The first-order valence-corrected chi connectivity index (χ1v) is 16.1. The Hall–Kier alpha value is -1.26. The van der Waals surface area contributed by atoms with Crippen LogP contribution in [0.4, 0.5) is 0 Å². The van der Waals surface area contributed by atoms with Gasteiger partial charge in [0.15, 0.2) is 0 Å². The van der Waals surface area contributed by atoms with E-state index in [4.69, 9.17) is 18.9 Å². The number of benzene rings is 1. The summed E-state index contributed by atoms with van der Waals surface area (Å²) in [5.74, 6) is 4.92. The standard InChI is InChI=1S/C34H56O4/c1-28-13-14-32(24-33(28)35-2)38-20-19-37-17-12-10-8-6-4-3-5-7-9-11-16-36-18-15-34-25-29-21-30(26-34)23-31(22-29)27-34/h13-14,24,29-31H,3-12,15-23,25-27H2,1-2H3. The Bertz CT molecular complexity index is 755. The number of hydrogen-bond donors (Lipinski definition) is 0. The highest BCUT2D eigenvalue weighted by Gasteiger charge is 2.50. The molecule has 0 N–H and O–H groups in total. The van der Waals surface area contributed by atoms with Gasteiger partial charge in [0.2, 0.25) is 0 Å². The molecule has 0 heterocycles. The molecule has 0 unspecified atom stereocenters. The summed E-state index contributed by atoms with van der Waals surface area (Å²) in [7, 11) is 1.69. The van der Waals surface area contributed by atoms with Crippen molar-refractivity contribution in [1.82, 2.24) is 0 Å². The van der Waals surface area contributed by atoms with E-state index in [9.17, 15) is 0 Å². The summed E-state index contributed by atoms with van der Waals surface area (Å²) >= 11 is 0. The van der Waals surface area contributed by atoms with Crippen molar-refractivity contribution in [3.63, 3.8) is 0 Å². The summed E-state index contributed by atoms with van der Waals surface area (Å²) in [5, 5.41) is 0. The van der Waals surface area contributed by atoms with Crippen LogP contribution in [0.2, 0.25) is 0 Å². The third kappa shape index (κ3) is 9.73. The Kier molecular flexibility index (Phi) is 12.6. The second kappa shape index (κ2) is 16.1. The van der Waals surface area contributed by atoms with E-state index in [0.717, 1.165) is 61.1 Å². The van der Waals surface area contributed by atoms with Gasteiger partial charge >= 0.3 is 0 Å². The Morgan fingerprint density at radius 2 is 1.18 bits per heavy atom. The zero-order valence-electron chi connectivity index (χ0n) is 24.7. The molecule has 0 spiro atoms. The molecule has 4 nitrogen and oxygen atoms in total. The number of unbranched alkanes of at least 4 members (excludes halogenated alkanes) is 9. The first-order valence-electron chi connectivity index (χ1n) is 16.1. The highest BCUT2D eigenvalue weighted by molar-refractivity contribution is 5.39. The van der Waals surface area contributed by atoms with E-state index in [1.54, 1.807) is 26.4 Å². The average Bonchev–Trinajstić information content (AvgIpc) is 2.90. The second-order valence-corrected chi connectivity index (χ2v) is 12.9. The molecule has 0 aliphatic heterocycles. The fraction of sp³-hybridized carbons (Fsp3) is 0.824. The van der Waals surface area contributed by atoms with E-state index in [-0.39, 0.29) is 0 Å². The van der Waals surface area contributed by atoms with Crippen LogP contribution in [0, 0.1) is 30.1 Å². The molecule has 216 valence electrons. The van der Waals surface area contributed by atoms with Gasteiger partial charge in [-0.15, -0.1) is 0 Å². The van der Waals surface area contributed by atoms with Crippen molar-refractivity contribution >= 4 is 0 Å². The molecule has 1 aromatic carbocycles. The van der Waals surface area contributed by atoms with Crippen molar-refractivity contribution in [3.05, 3.63) is 23.8 Å². The zero-order chi connectivity index (χ0) is 26.5. The van der Waals surface area contributed by atoms with E-state index < -0.39 is 0 Å². The maximum Gasteiger partial charge on any atom is 0.125 e. The molecule has 0 radical (unpaired) electrons. The van der Waals surface area contributed by atoms with E-state index in [1.165, 1.54) is 83.5 Å². The largest absolute Gasteiger partial charge is 0.496 e. The third-order valence-corrected chi connectivity index (χ3v) is 9.65. The summed E-state index contributed by atoms with van der Waals surface area (Å²) in [6, 6.07) is 5.94. The first kappa shape index (κ1) is 29.7. The van der Waals surface area contributed by atoms with Gasteiger partial charge in [-0.25, -0.2) is 0 Å². The quantitative estimate of drug-likeness (QED) is 0.149. The van der Waals surface area contributed by atoms with Crippen LogP contribution >= 0.6 is 0 Å². The molecular formula is C34H56O4. The molecule has 0 atom stereocenters. The molecule has 4 fully saturated rings. The first-order chi connectivity index (χ1) is 18.7. The van der Waals surface area contributed by atoms with Crippen LogP contribution in [-0.4, -0.2) is 40.1 Å². The van der Waals surface area contributed by atoms with Crippen LogP contribution in [-0.2, 0) is 9.47 Å². The minimum atomic E-state index is 0.584. The summed E-state index contributed by atoms with van der Waals surface area (Å²) in [6.45, 7) is 6.11. The van der Waals surface area contributed by atoms with Crippen LogP contribution in [0.5, 0.6) is 11.5 Å². The number of ether oxygens (including phenoxy) is 4. The van der Waals surface area contributed by atoms with E-state index in [2.05, 4.69) is 0 Å². The fourth-order valence-electron chi connectivity index (χ4n) is 8.02. The van der Waals surface area contributed by atoms with Crippen molar-refractivity contribution in [1.29, 1.82) is 0 Å². The van der Waals surface area contributed by atoms with E-state index in [0.29, 0.717) is 18.6 Å². The Morgan fingerprint density at radius 1 is 0.658 bits per heavy atom. The highest BCUT2D eigenvalue weighted by atomic mass is 16.5. The number of rotatable bonds is 21. The smallest absolute Gasteiger partial charge is 0.125 e. The molecule has 4 aliphatic carbocycles. The average molecular weight is 529 g/mol. The van der Waals surface area contributed by atoms with Gasteiger partial charge in [0.25, 0.3) is 0 Å². The monoisotopic (exact) mass is 528 g/mol. The second-order valence-electron chi connectivity index (χ2n) is 12.9. The Morgan fingerprint density at radius 3 is 1.74 bits per heavy atom. The van der Waals surface area contributed by atoms with Gasteiger partial charge in [-0.1, -0.05) is 57.4 Å². The molecule has 1 aromatic rings. The number of hydrogen-bond acceptors (Lipinski definition) is 4. The van der Waals surface area contributed by atoms with Crippen LogP contribution in [0.1, 0.15) is 115 Å². The van der Waals surface area contributed by atoms with Crippen molar-refractivity contribution in [3.8, 4) is 11.5 Å². The maximum atomic E-state index is 6.10.